The second kappa shape index (κ2) is 16.2. The fourth-order valence-electron chi connectivity index (χ4n) is 16.6. The molecule has 3 heterocycles. The van der Waals surface area contributed by atoms with Gasteiger partial charge in [0.25, 0.3) is 0 Å². The lowest BCUT2D eigenvalue weighted by molar-refractivity contribution is -0.135. The minimum absolute atomic E-state index is 0.0107. The summed E-state index contributed by atoms with van der Waals surface area (Å²) in [4.78, 5) is 30.2. The van der Waals surface area contributed by atoms with E-state index in [4.69, 9.17) is 9.47 Å². The molecule has 2 saturated heterocycles. The molecule has 3 aromatic carbocycles. The van der Waals surface area contributed by atoms with E-state index in [0.717, 1.165) is 115 Å². The molecular weight excluding hydrogens is 819 g/mol. The predicted octanol–water partition coefficient (Wildman–Crippen LogP) is 10.7. The Hall–Kier alpha value is -4.76. The van der Waals surface area contributed by atoms with Gasteiger partial charge in [0, 0.05) is 23.6 Å². The van der Waals surface area contributed by atoms with Crippen molar-refractivity contribution in [2.45, 2.75) is 116 Å². The van der Waals surface area contributed by atoms with E-state index in [1.54, 1.807) is 6.07 Å². The van der Waals surface area contributed by atoms with Crippen LogP contribution in [0.15, 0.2) is 113 Å². The van der Waals surface area contributed by atoms with Gasteiger partial charge < -0.3 is 30.5 Å². The van der Waals surface area contributed by atoms with E-state index in [0.29, 0.717) is 29.0 Å². The van der Waals surface area contributed by atoms with Crippen LogP contribution in [0.4, 0.5) is 0 Å². The lowest BCUT2D eigenvalue weighted by atomic mass is 9.43. The molecule has 1 spiro atoms. The zero-order valence-corrected chi connectivity index (χ0v) is 39.1. The summed E-state index contributed by atoms with van der Waals surface area (Å²) in [7, 11) is 4.05. The first-order valence-corrected chi connectivity index (χ1v) is 25.6. The monoisotopic (exact) mass is 886 g/mol. The van der Waals surface area contributed by atoms with Gasteiger partial charge in [-0.2, -0.15) is 0 Å². The van der Waals surface area contributed by atoms with Crippen molar-refractivity contribution >= 4 is 17.5 Å². The molecule has 10 unspecified atom stereocenters. The van der Waals surface area contributed by atoms with Gasteiger partial charge in [-0.25, -0.2) is 9.59 Å². The number of aromatic hydroxyl groups is 1. The van der Waals surface area contributed by atoms with Crippen LogP contribution in [0.1, 0.15) is 114 Å². The average Bonchev–Trinajstić information content (AvgIpc) is 4.00. The number of carbonyl (C=O) groups is 2. The highest BCUT2D eigenvalue weighted by atomic mass is 16.6. The number of ether oxygens (including phenoxy) is 2. The number of piperidine rings is 1. The van der Waals surface area contributed by atoms with Crippen LogP contribution in [0.3, 0.4) is 0 Å². The van der Waals surface area contributed by atoms with Crippen molar-refractivity contribution in [1.82, 2.24) is 16.0 Å². The summed E-state index contributed by atoms with van der Waals surface area (Å²) in [6.45, 7) is 4.04. The van der Waals surface area contributed by atoms with Crippen molar-refractivity contribution in [3.63, 3.8) is 0 Å². The molecule has 10 aliphatic rings. The highest BCUT2D eigenvalue weighted by Gasteiger charge is 2.69. The van der Waals surface area contributed by atoms with Crippen LogP contribution in [-0.2, 0) is 32.0 Å². The fourth-order valence-corrected chi connectivity index (χ4v) is 16.6. The Morgan fingerprint density at radius 1 is 0.864 bits per heavy atom. The van der Waals surface area contributed by atoms with Gasteiger partial charge >= 0.3 is 11.9 Å². The number of cyclic esters (lactones) is 2. The van der Waals surface area contributed by atoms with Crippen LogP contribution in [0, 0.1) is 51.8 Å². The number of benzene rings is 3. The fraction of sp³-hybridized carbons (Fsp3) is 0.517. The standard InChI is InChI=1S/C58H67N3O5/c1-4-34(26-35-10-6-5-7-11-35)28-47-58-25-20-42(49(52(58)55(64)65-47)45-29-40(62)14-15-41(45)37-13-8-12-36(27-37)32-59-2)43-16-17-44-50(51(43)58)54(63)66-53(44)38-18-23-56-21-9-22-57(56,31-38)46-30-48(60-3)61-33-39(46)19-24-56/h5-8,10-15,27-29,34,39,42-43,46,48,51,59-62H,4,9,16-26,30-33H2,1-3H3. The number of esters is 2. The Labute approximate surface area is 390 Å². The van der Waals surface area contributed by atoms with Crippen molar-refractivity contribution in [1.29, 1.82) is 0 Å². The first-order valence-electron chi connectivity index (χ1n) is 25.6. The maximum atomic E-state index is 15.1. The number of fused-ring (bicyclic) bond motifs is 2. The van der Waals surface area contributed by atoms with Gasteiger partial charge in [-0.1, -0.05) is 67.9 Å². The number of phenolic OH excluding ortho intramolecular Hbond substituents is 1. The number of hydrogen-bond donors (Lipinski definition) is 4. The third-order valence-corrected chi connectivity index (χ3v) is 19.3. The number of carbonyl (C=O) groups excluding carboxylic acids is 2. The lowest BCUT2D eigenvalue weighted by Gasteiger charge is -2.62. The predicted molar refractivity (Wildman–Crippen MR) is 257 cm³/mol. The molecule has 10 atom stereocenters. The molecule has 3 aliphatic heterocycles. The number of allylic oxidation sites excluding steroid dienone is 5. The van der Waals surface area contributed by atoms with E-state index in [1.165, 1.54) is 56.1 Å². The topological polar surface area (TPSA) is 109 Å². The number of nitrogens with one attached hydrogen (secondary N) is 3. The molecule has 4 N–H and O–H groups in total. The van der Waals surface area contributed by atoms with Crippen LogP contribution >= 0.6 is 0 Å². The summed E-state index contributed by atoms with van der Waals surface area (Å²) in [6, 6.07) is 24.8. The van der Waals surface area contributed by atoms with E-state index in [1.807, 2.05) is 19.2 Å². The van der Waals surface area contributed by atoms with Gasteiger partial charge in [0.2, 0.25) is 0 Å². The minimum Gasteiger partial charge on any atom is -0.508 e. The SMILES string of the molecule is CCC(C=C1OC(=O)C2=C(c3cc(O)ccc3-c3cccc(CNC)c3)C3CCC12C1C2=C(CCC31)C(=C1CCC34CCCC3(C1)C1CC(NC)NCC1CC4)OC2=O)Cc1ccccc1. The van der Waals surface area contributed by atoms with Crippen molar-refractivity contribution in [3.8, 4) is 16.9 Å². The van der Waals surface area contributed by atoms with Crippen LogP contribution in [0.25, 0.3) is 16.7 Å². The molecule has 8 nitrogen and oxygen atoms in total. The van der Waals surface area contributed by atoms with E-state index in [-0.39, 0.29) is 46.8 Å². The molecule has 13 rings (SSSR count). The Balaban J connectivity index is 1.02. The quantitative estimate of drug-likeness (QED) is 0.157. The highest BCUT2D eigenvalue weighted by Crippen LogP contribution is 2.75. The van der Waals surface area contributed by atoms with Gasteiger partial charge in [0.1, 0.15) is 17.3 Å². The van der Waals surface area contributed by atoms with Crippen molar-refractivity contribution in [3.05, 3.63) is 129 Å². The molecule has 4 saturated carbocycles. The van der Waals surface area contributed by atoms with Crippen molar-refractivity contribution < 1.29 is 24.2 Å². The van der Waals surface area contributed by atoms with Crippen LogP contribution in [0.5, 0.6) is 5.75 Å². The first-order chi connectivity index (χ1) is 32.2. The molecule has 6 fully saturated rings. The van der Waals surface area contributed by atoms with Crippen LogP contribution in [0.2, 0.25) is 0 Å². The second-order valence-electron chi connectivity index (χ2n) is 21.9. The third kappa shape index (κ3) is 6.25. The smallest absolute Gasteiger partial charge is 0.340 e. The third-order valence-electron chi connectivity index (χ3n) is 19.3. The number of rotatable bonds is 9. The Bertz CT molecular complexity index is 2630. The van der Waals surface area contributed by atoms with E-state index >= 15 is 9.59 Å². The summed E-state index contributed by atoms with van der Waals surface area (Å²) < 4.78 is 13.5. The maximum Gasteiger partial charge on any atom is 0.340 e. The molecule has 0 amide bonds. The summed E-state index contributed by atoms with van der Waals surface area (Å²) in [5, 5.41) is 22.0. The minimum atomic E-state index is -0.827. The summed E-state index contributed by atoms with van der Waals surface area (Å²) >= 11 is 0. The Morgan fingerprint density at radius 3 is 2.56 bits per heavy atom. The maximum absolute atomic E-state index is 15.1. The van der Waals surface area contributed by atoms with E-state index in [9.17, 15) is 5.11 Å². The summed E-state index contributed by atoms with van der Waals surface area (Å²) in [5.74, 6) is 2.67. The summed E-state index contributed by atoms with van der Waals surface area (Å²) in [5.41, 5.74) is 10.2. The van der Waals surface area contributed by atoms with Crippen molar-refractivity contribution in [2.75, 3.05) is 20.6 Å². The molecule has 344 valence electrons. The average molecular weight is 886 g/mol. The number of phenols is 1. The van der Waals surface area contributed by atoms with E-state index in [2.05, 4.69) is 90.6 Å². The molecule has 8 heteroatoms. The van der Waals surface area contributed by atoms with Gasteiger partial charge in [0.15, 0.2) is 0 Å². The van der Waals surface area contributed by atoms with Crippen LogP contribution < -0.4 is 16.0 Å². The van der Waals surface area contributed by atoms with Gasteiger partial charge in [-0.15, -0.1) is 0 Å². The van der Waals surface area contributed by atoms with Gasteiger partial charge in [0.05, 0.1) is 17.2 Å². The Kier molecular flexibility index (Phi) is 10.5. The zero-order valence-electron chi connectivity index (χ0n) is 39.1. The second-order valence-corrected chi connectivity index (χ2v) is 21.9. The van der Waals surface area contributed by atoms with E-state index < -0.39 is 5.41 Å². The molecule has 7 aliphatic carbocycles. The normalized spacial score (nSPS) is 36.3. The van der Waals surface area contributed by atoms with Gasteiger partial charge in [-0.05, 0) is 214 Å². The van der Waals surface area contributed by atoms with Crippen LogP contribution in [-0.4, -0.2) is 43.9 Å². The Morgan fingerprint density at radius 2 is 1.73 bits per heavy atom. The molecule has 3 aromatic rings. The molecule has 66 heavy (non-hydrogen) atoms. The highest BCUT2D eigenvalue weighted by molar-refractivity contribution is 6.07. The van der Waals surface area contributed by atoms with Crippen molar-refractivity contribution in [2.24, 2.45) is 51.8 Å². The largest absolute Gasteiger partial charge is 0.508 e. The molecule has 0 radical (unpaired) electrons. The molecule has 2 bridgehead atoms. The zero-order chi connectivity index (χ0) is 45.0. The first kappa shape index (κ1) is 42.6. The lowest BCUT2D eigenvalue weighted by Crippen LogP contribution is -2.60. The molecular formula is C58H67N3O5. The summed E-state index contributed by atoms with van der Waals surface area (Å²) in [6.07, 6.45) is 18.6. The van der Waals surface area contributed by atoms with Gasteiger partial charge in [-0.3, -0.25) is 0 Å². The number of hydrogen-bond acceptors (Lipinski definition) is 8. The molecule has 0 aromatic heterocycles.